The average molecular weight is 459 g/mol. The molecular formula is C23H20BClN6S. The normalized spacial score (nSPS) is 17.2. The number of imidazole rings is 1. The van der Waals surface area contributed by atoms with Crippen molar-refractivity contribution in [1.29, 1.82) is 0 Å². The fraction of sp³-hybridized carbons (Fsp3) is 0.304. The first kappa shape index (κ1) is 20.1. The summed E-state index contributed by atoms with van der Waals surface area (Å²) < 4.78 is 2.08. The number of nitrogens with zero attached hydrogens (tertiary/aromatic N) is 6. The molecule has 0 amide bonds. The van der Waals surface area contributed by atoms with E-state index < -0.39 is 0 Å². The van der Waals surface area contributed by atoms with Gasteiger partial charge in [0.15, 0.2) is 5.65 Å². The minimum absolute atomic E-state index is 0.293. The van der Waals surface area contributed by atoms with Gasteiger partial charge >= 0.3 is 0 Å². The third kappa shape index (κ3) is 3.46. The first-order valence-electron chi connectivity index (χ1n) is 10.7. The number of rotatable bonds is 3. The molecule has 0 atom stereocenters. The summed E-state index contributed by atoms with van der Waals surface area (Å²) in [6.07, 6.45) is 15.3. The van der Waals surface area contributed by atoms with Crippen LogP contribution in [-0.2, 0) is 12.8 Å². The van der Waals surface area contributed by atoms with Gasteiger partial charge in [-0.1, -0.05) is 34.9 Å². The van der Waals surface area contributed by atoms with Crippen molar-refractivity contribution in [2.45, 2.75) is 35.5 Å². The molecule has 2 aliphatic rings. The molecule has 1 aliphatic carbocycles. The van der Waals surface area contributed by atoms with E-state index >= 15 is 0 Å². The SMILES string of the molecule is [B]c1cnc2c(c1)CC1(CCN(c3ncc(Sc4ccncc4Cl)c4nccn34)CC1)C2. The molecule has 6 nitrogen and oxygen atoms in total. The summed E-state index contributed by atoms with van der Waals surface area (Å²) in [5.74, 6) is 0.940. The van der Waals surface area contributed by atoms with Crippen LogP contribution in [0, 0.1) is 5.41 Å². The van der Waals surface area contributed by atoms with Crippen molar-refractivity contribution in [3.05, 3.63) is 65.6 Å². The van der Waals surface area contributed by atoms with Crippen LogP contribution in [0.15, 0.2) is 59.1 Å². The van der Waals surface area contributed by atoms with Gasteiger partial charge in [-0.3, -0.25) is 14.4 Å². The van der Waals surface area contributed by atoms with Gasteiger partial charge in [0.25, 0.3) is 0 Å². The van der Waals surface area contributed by atoms with Crippen LogP contribution in [0.1, 0.15) is 24.1 Å². The highest BCUT2D eigenvalue weighted by Crippen LogP contribution is 2.44. The molecule has 158 valence electrons. The zero-order valence-corrected chi connectivity index (χ0v) is 19.0. The van der Waals surface area contributed by atoms with E-state index in [9.17, 15) is 0 Å². The molecule has 4 aromatic rings. The Kier molecular flexibility index (Phi) is 4.88. The molecular weight excluding hydrogens is 439 g/mol. The summed E-state index contributed by atoms with van der Waals surface area (Å²) in [6.45, 7) is 1.93. The van der Waals surface area contributed by atoms with Crippen molar-refractivity contribution in [2.24, 2.45) is 5.41 Å². The van der Waals surface area contributed by atoms with Crippen LogP contribution in [0.4, 0.5) is 5.95 Å². The predicted molar refractivity (Wildman–Crippen MR) is 127 cm³/mol. The van der Waals surface area contributed by atoms with Crippen LogP contribution in [0.2, 0.25) is 5.02 Å². The number of pyridine rings is 2. The zero-order valence-electron chi connectivity index (χ0n) is 17.4. The van der Waals surface area contributed by atoms with Crippen molar-refractivity contribution in [1.82, 2.24) is 24.3 Å². The average Bonchev–Trinajstić information content (AvgIpc) is 3.41. The van der Waals surface area contributed by atoms with Gasteiger partial charge in [-0.05, 0) is 42.7 Å². The first-order chi connectivity index (χ1) is 15.6. The highest BCUT2D eigenvalue weighted by atomic mass is 35.5. The minimum atomic E-state index is 0.293. The Morgan fingerprint density at radius 2 is 1.88 bits per heavy atom. The molecule has 4 aromatic heterocycles. The quantitative estimate of drug-likeness (QED) is 0.438. The van der Waals surface area contributed by atoms with Crippen LogP contribution in [0.25, 0.3) is 5.65 Å². The lowest BCUT2D eigenvalue weighted by Gasteiger charge is -2.39. The van der Waals surface area contributed by atoms with Crippen molar-refractivity contribution in [2.75, 3.05) is 18.0 Å². The molecule has 9 heteroatoms. The highest BCUT2D eigenvalue weighted by Gasteiger charge is 2.41. The van der Waals surface area contributed by atoms with Crippen molar-refractivity contribution in [3.8, 4) is 0 Å². The van der Waals surface area contributed by atoms with E-state index in [0.29, 0.717) is 10.4 Å². The summed E-state index contributed by atoms with van der Waals surface area (Å²) in [7, 11) is 5.96. The maximum Gasteiger partial charge on any atom is 0.211 e. The van der Waals surface area contributed by atoms with E-state index in [1.165, 1.54) is 11.3 Å². The Hall–Kier alpha value is -2.58. The van der Waals surface area contributed by atoms with Crippen LogP contribution >= 0.6 is 23.4 Å². The molecule has 32 heavy (non-hydrogen) atoms. The molecule has 1 saturated heterocycles. The molecule has 6 rings (SSSR count). The van der Waals surface area contributed by atoms with Gasteiger partial charge in [0.1, 0.15) is 7.85 Å². The Labute approximate surface area is 196 Å². The third-order valence-electron chi connectivity index (χ3n) is 6.62. The van der Waals surface area contributed by atoms with Gasteiger partial charge in [-0.25, -0.2) is 9.97 Å². The molecule has 0 bridgehead atoms. The predicted octanol–water partition coefficient (Wildman–Crippen LogP) is 3.50. The molecule has 0 aromatic carbocycles. The Morgan fingerprint density at radius 1 is 1.00 bits per heavy atom. The Bertz CT molecular complexity index is 1320. The highest BCUT2D eigenvalue weighted by molar-refractivity contribution is 7.99. The maximum atomic E-state index is 6.30. The van der Waals surface area contributed by atoms with Gasteiger partial charge in [0.05, 0.1) is 9.92 Å². The van der Waals surface area contributed by atoms with E-state index in [-0.39, 0.29) is 0 Å². The summed E-state index contributed by atoms with van der Waals surface area (Å²) in [4.78, 5) is 22.4. The second-order valence-electron chi connectivity index (χ2n) is 8.67. The lowest BCUT2D eigenvalue weighted by molar-refractivity contribution is 0.230. The van der Waals surface area contributed by atoms with E-state index in [2.05, 4.69) is 30.3 Å². The Morgan fingerprint density at radius 3 is 2.72 bits per heavy atom. The third-order valence-corrected chi connectivity index (χ3v) is 8.12. The number of fused-ring (bicyclic) bond motifs is 2. The van der Waals surface area contributed by atoms with Crippen molar-refractivity contribution in [3.63, 3.8) is 0 Å². The van der Waals surface area contributed by atoms with Crippen LogP contribution in [0.3, 0.4) is 0 Å². The fourth-order valence-corrected chi connectivity index (χ4v) is 6.08. The van der Waals surface area contributed by atoms with Gasteiger partial charge in [0.2, 0.25) is 5.95 Å². The number of anilines is 1. The van der Waals surface area contributed by atoms with Gasteiger partial charge in [-0.2, -0.15) is 0 Å². The molecule has 1 aliphatic heterocycles. The van der Waals surface area contributed by atoms with Gasteiger partial charge < -0.3 is 4.90 Å². The summed E-state index contributed by atoms with van der Waals surface area (Å²) >= 11 is 7.86. The molecule has 0 unspecified atom stereocenters. The lowest BCUT2D eigenvalue weighted by Crippen LogP contribution is -2.41. The first-order valence-corrected chi connectivity index (χ1v) is 11.9. The Balaban J connectivity index is 1.23. The number of hydrogen-bond donors (Lipinski definition) is 0. The second-order valence-corrected chi connectivity index (χ2v) is 10.2. The molecule has 1 fully saturated rings. The molecule has 0 N–H and O–H groups in total. The van der Waals surface area contributed by atoms with E-state index in [1.54, 1.807) is 30.4 Å². The van der Waals surface area contributed by atoms with E-state index in [4.69, 9.17) is 24.4 Å². The number of piperidine rings is 1. The molecule has 5 heterocycles. The molecule has 2 radical (unpaired) electrons. The summed E-state index contributed by atoms with van der Waals surface area (Å²) in [5, 5.41) is 0.626. The minimum Gasteiger partial charge on any atom is -0.342 e. The number of halogens is 1. The van der Waals surface area contributed by atoms with E-state index in [1.807, 2.05) is 24.7 Å². The number of hydrogen-bond acceptors (Lipinski definition) is 6. The van der Waals surface area contributed by atoms with Crippen molar-refractivity contribution < 1.29 is 0 Å². The lowest BCUT2D eigenvalue weighted by atomic mass is 9.76. The van der Waals surface area contributed by atoms with Crippen LogP contribution in [0.5, 0.6) is 0 Å². The second kappa shape index (κ2) is 7.78. The summed E-state index contributed by atoms with van der Waals surface area (Å²) in [5.41, 5.74) is 4.49. The summed E-state index contributed by atoms with van der Waals surface area (Å²) in [6, 6.07) is 4.01. The number of aromatic nitrogens is 5. The van der Waals surface area contributed by atoms with Crippen LogP contribution in [-0.4, -0.2) is 45.3 Å². The van der Waals surface area contributed by atoms with Crippen molar-refractivity contribution >= 4 is 48.3 Å². The zero-order chi connectivity index (χ0) is 21.7. The molecule has 1 spiro atoms. The van der Waals surface area contributed by atoms with Gasteiger partial charge in [0, 0.05) is 60.9 Å². The fourth-order valence-electron chi connectivity index (χ4n) is 4.98. The smallest absolute Gasteiger partial charge is 0.211 e. The van der Waals surface area contributed by atoms with Crippen LogP contribution < -0.4 is 10.4 Å². The topological polar surface area (TPSA) is 59.2 Å². The maximum absolute atomic E-state index is 6.30. The monoisotopic (exact) mass is 458 g/mol. The van der Waals surface area contributed by atoms with Gasteiger partial charge in [-0.15, -0.1) is 0 Å². The van der Waals surface area contributed by atoms with E-state index in [0.717, 1.165) is 65.6 Å². The molecule has 0 saturated carbocycles. The largest absolute Gasteiger partial charge is 0.342 e. The standard InChI is InChI=1S/C23H20BClN6S/c24-16-9-15-10-23(11-18(15)28-12-16)2-6-30(7-3-23)22-29-14-20(21-27-5-8-31(21)22)32-19-1-4-26-13-17(19)25/h1,4-5,8-9,12-14H,2-3,6-7,10-11H2.